The molecule has 1 saturated carbocycles. The standard InChI is InChI=1S/C17H24N2O.ClH/c1-13-12-18-11-8-15(13)19-16(20)17(9-5-10-17)14-6-3-2-4-7-14;/h2-4,6-7,13,15,18H,5,8-12H2,1H3,(H,19,20);1H. The lowest BCUT2D eigenvalue weighted by molar-refractivity contribution is -0.131. The van der Waals surface area contributed by atoms with Crippen LogP contribution in [0.4, 0.5) is 0 Å². The van der Waals surface area contributed by atoms with Crippen molar-refractivity contribution in [1.82, 2.24) is 10.6 Å². The second kappa shape index (κ2) is 6.80. The van der Waals surface area contributed by atoms with Crippen LogP contribution in [-0.2, 0) is 10.2 Å². The average molecular weight is 309 g/mol. The smallest absolute Gasteiger partial charge is 0.230 e. The van der Waals surface area contributed by atoms with Gasteiger partial charge in [0.15, 0.2) is 0 Å². The molecule has 0 bridgehead atoms. The predicted octanol–water partition coefficient (Wildman–Crippen LogP) is 2.64. The van der Waals surface area contributed by atoms with Crippen molar-refractivity contribution >= 4 is 18.3 Å². The summed E-state index contributed by atoms with van der Waals surface area (Å²) in [6.07, 6.45) is 4.17. The molecule has 2 aliphatic rings. The van der Waals surface area contributed by atoms with Crippen LogP contribution in [0.15, 0.2) is 30.3 Å². The molecule has 0 aromatic heterocycles. The van der Waals surface area contributed by atoms with E-state index in [2.05, 4.69) is 29.7 Å². The molecule has 2 fully saturated rings. The fraction of sp³-hybridized carbons (Fsp3) is 0.588. The second-order valence-electron chi connectivity index (χ2n) is 6.35. The van der Waals surface area contributed by atoms with E-state index in [0.717, 1.165) is 38.8 Å². The number of carbonyl (C=O) groups is 1. The van der Waals surface area contributed by atoms with Crippen LogP contribution in [0.25, 0.3) is 0 Å². The van der Waals surface area contributed by atoms with E-state index in [0.29, 0.717) is 12.0 Å². The molecule has 2 atom stereocenters. The Labute approximate surface area is 133 Å². The van der Waals surface area contributed by atoms with Gasteiger partial charge in [-0.05, 0) is 43.8 Å². The summed E-state index contributed by atoms with van der Waals surface area (Å²) in [4.78, 5) is 12.8. The van der Waals surface area contributed by atoms with Gasteiger partial charge in [0.05, 0.1) is 5.41 Å². The normalized spacial score (nSPS) is 27.1. The van der Waals surface area contributed by atoms with E-state index in [1.165, 1.54) is 5.56 Å². The van der Waals surface area contributed by atoms with E-state index in [1.807, 2.05) is 18.2 Å². The number of benzene rings is 1. The number of hydrogen-bond donors (Lipinski definition) is 2. The first-order valence-corrected chi connectivity index (χ1v) is 7.79. The maximum atomic E-state index is 12.8. The zero-order valence-corrected chi connectivity index (χ0v) is 13.4. The number of nitrogens with one attached hydrogen (secondary N) is 2. The minimum absolute atomic E-state index is 0. The van der Waals surface area contributed by atoms with Crippen LogP contribution in [-0.4, -0.2) is 25.0 Å². The predicted molar refractivity (Wildman–Crippen MR) is 87.8 cm³/mol. The van der Waals surface area contributed by atoms with E-state index in [4.69, 9.17) is 0 Å². The Hall–Kier alpha value is -1.06. The van der Waals surface area contributed by atoms with Gasteiger partial charge in [0, 0.05) is 6.04 Å². The highest BCUT2D eigenvalue weighted by molar-refractivity contribution is 5.89. The molecule has 3 rings (SSSR count). The topological polar surface area (TPSA) is 41.1 Å². The summed E-state index contributed by atoms with van der Waals surface area (Å²) < 4.78 is 0. The van der Waals surface area contributed by atoms with Crippen LogP contribution < -0.4 is 10.6 Å². The van der Waals surface area contributed by atoms with Crippen LogP contribution >= 0.6 is 12.4 Å². The van der Waals surface area contributed by atoms with Crippen molar-refractivity contribution in [3.05, 3.63) is 35.9 Å². The Kier molecular flexibility index (Phi) is 5.28. The lowest BCUT2D eigenvalue weighted by Crippen LogP contribution is -2.56. The molecule has 1 aliphatic carbocycles. The summed E-state index contributed by atoms with van der Waals surface area (Å²) >= 11 is 0. The van der Waals surface area contributed by atoms with E-state index in [-0.39, 0.29) is 23.7 Å². The third-order valence-corrected chi connectivity index (χ3v) is 5.07. The quantitative estimate of drug-likeness (QED) is 0.901. The fourth-order valence-electron chi connectivity index (χ4n) is 3.47. The Balaban J connectivity index is 0.00000161. The minimum Gasteiger partial charge on any atom is -0.352 e. The first-order valence-electron chi connectivity index (χ1n) is 7.79. The Morgan fingerprint density at radius 2 is 2.00 bits per heavy atom. The molecule has 1 saturated heterocycles. The third-order valence-electron chi connectivity index (χ3n) is 5.07. The van der Waals surface area contributed by atoms with Crippen LogP contribution in [0.2, 0.25) is 0 Å². The van der Waals surface area contributed by atoms with Crippen molar-refractivity contribution in [2.24, 2.45) is 5.92 Å². The molecule has 1 aliphatic heterocycles. The van der Waals surface area contributed by atoms with E-state index >= 15 is 0 Å². The summed E-state index contributed by atoms with van der Waals surface area (Å²) in [7, 11) is 0. The summed E-state index contributed by atoms with van der Waals surface area (Å²) in [5.74, 6) is 0.759. The average Bonchev–Trinajstić information content (AvgIpc) is 2.41. The van der Waals surface area contributed by atoms with Gasteiger partial charge in [0.25, 0.3) is 0 Å². The van der Waals surface area contributed by atoms with Crippen molar-refractivity contribution in [1.29, 1.82) is 0 Å². The van der Waals surface area contributed by atoms with Crippen molar-refractivity contribution in [2.45, 2.75) is 44.1 Å². The molecule has 1 amide bonds. The van der Waals surface area contributed by atoms with E-state index < -0.39 is 0 Å². The lowest BCUT2D eigenvalue weighted by atomic mass is 9.63. The summed E-state index contributed by atoms with van der Waals surface area (Å²) in [6.45, 7) is 4.23. The van der Waals surface area contributed by atoms with Gasteiger partial charge in [-0.25, -0.2) is 0 Å². The molecule has 2 N–H and O–H groups in total. The van der Waals surface area contributed by atoms with Crippen LogP contribution in [0.5, 0.6) is 0 Å². The fourth-order valence-corrected chi connectivity index (χ4v) is 3.47. The van der Waals surface area contributed by atoms with Crippen molar-refractivity contribution in [3.8, 4) is 0 Å². The highest BCUT2D eigenvalue weighted by atomic mass is 35.5. The van der Waals surface area contributed by atoms with Gasteiger partial charge in [-0.1, -0.05) is 43.7 Å². The van der Waals surface area contributed by atoms with Crippen molar-refractivity contribution in [2.75, 3.05) is 13.1 Å². The van der Waals surface area contributed by atoms with Gasteiger partial charge in [-0.15, -0.1) is 12.4 Å². The van der Waals surface area contributed by atoms with Crippen molar-refractivity contribution in [3.63, 3.8) is 0 Å². The van der Waals surface area contributed by atoms with Crippen molar-refractivity contribution < 1.29 is 4.79 Å². The third kappa shape index (κ3) is 3.09. The molecule has 4 heteroatoms. The van der Waals surface area contributed by atoms with Gasteiger partial charge in [0.2, 0.25) is 5.91 Å². The molecular formula is C17H25ClN2O. The number of rotatable bonds is 3. The maximum Gasteiger partial charge on any atom is 0.230 e. The minimum atomic E-state index is -0.258. The van der Waals surface area contributed by atoms with Crippen LogP contribution in [0.1, 0.15) is 38.2 Å². The highest BCUT2D eigenvalue weighted by Gasteiger charge is 2.46. The number of piperidine rings is 1. The molecule has 1 heterocycles. The van der Waals surface area contributed by atoms with Gasteiger partial charge in [-0.3, -0.25) is 4.79 Å². The molecule has 2 unspecified atom stereocenters. The lowest BCUT2D eigenvalue weighted by Gasteiger charge is -2.43. The second-order valence-corrected chi connectivity index (χ2v) is 6.35. The molecule has 1 aromatic rings. The molecule has 3 nitrogen and oxygen atoms in total. The zero-order valence-electron chi connectivity index (χ0n) is 12.6. The number of halogens is 1. The molecule has 21 heavy (non-hydrogen) atoms. The Morgan fingerprint density at radius 3 is 2.57 bits per heavy atom. The molecule has 1 aromatic carbocycles. The summed E-state index contributed by atoms with van der Waals surface area (Å²) in [5.41, 5.74) is 0.927. The molecule has 0 spiro atoms. The molecule has 0 radical (unpaired) electrons. The number of hydrogen-bond acceptors (Lipinski definition) is 2. The number of carbonyl (C=O) groups excluding carboxylic acids is 1. The van der Waals surface area contributed by atoms with E-state index in [9.17, 15) is 4.79 Å². The SMILES string of the molecule is CC1CNCCC1NC(=O)C1(c2ccccc2)CCC1.Cl. The first kappa shape index (κ1) is 16.3. The Bertz CT molecular complexity index is 473. The van der Waals surface area contributed by atoms with Crippen LogP contribution in [0, 0.1) is 5.92 Å². The molecule has 116 valence electrons. The summed E-state index contributed by atoms with van der Waals surface area (Å²) in [6, 6.07) is 10.6. The largest absolute Gasteiger partial charge is 0.352 e. The van der Waals surface area contributed by atoms with Gasteiger partial charge >= 0.3 is 0 Å². The van der Waals surface area contributed by atoms with Crippen LogP contribution in [0.3, 0.4) is 0 Å². The highest BCUT2D eigenvalue weighted by Crippen LogP contribution is 2.44. The summed E-state index contributed by atoms with van der Waals surface area (Å²) in [5, 5.41) is 6.72. The molecular weight excluding hydrogens is 284 g/mol. The first-order chi connectivity index (χ1) is 9.72. The number of amides is 1. The Morgan fingerprint density at radius 1 is 1.29 bits per heavy atom. The van der Waals surface area contributed by atoms with E-state index in [1.54, 1.807) is 0 Å². The maximum absolute atomic E-state index is 12.8. The van der Waals surface area contributed by atoms with Gasteiger partial charge in [-0.2, -0.15) is 0 Å². The monoisotopic (exact) mass is 308 g/mol. The van der Waals surface area contributed by atoms with Gasteiger partial charge < -0.3 is 10.6 Å². The zero-order chi connectivity index (χ0) is 14.0. The van der Waals surface area contributed by atoms with Gasteiger partial charge in [0.1, 0.15) is 0 Å².